The average molecular weight is 247 g/mol. The maximum atomic E-state index is 5.88. The molecule has 3 rings (SSSR count). The molecule has 0 bridgehead atoms. The first-order valence-corrected chi connectivity index (χ1v) is 6.82. The van der Waals surface area contributed by atoms with E-state index in [1.54, 1.807) is 0 Å². The Kier molecular flexibility index (Phi) is 3.27. The van der Waals surface area contributed by atoms with Crippen LogP contribution in [0.3, 0.4) is 0 Å². The zero-order valence-corrected chi connectivity index (χ0v) is 10.9. The van der Waals surface area contributed by atoms with Gasteiger partial charge < -0.3 is 15.2 Å². The van der Waals surface area contributed by atoms with Crippen molar-refractivity contribution in [2.45, 2.75) is 38.4 Å². The highest BCUT2D eigenvalue weighted by Crippen LogP contribution is 2.32. The van der Waals surface area contributed by atoms with E-state index in [2.05, 4.69) is 25.1 Å². The van der Waals surface area contributed by atoms with Crippen LogP contribution in [0.15, 0.2) is 18.2 Å². The molecule has 2 aliphatic rings. The summed E-state index contributed by atoms with van der Waals surface area (Å²) in [6.07, 6.45) is 3.82. The Morgan fingerprint density at radius 2 is 2.22 bits per heavy atom. The van der Waals surface area contributed by atoms with Gasteiger partial charge in [-0.25, -0.2) is 0 Å². The fourth-order valence-corrected chi connectivity index (χ4v) is 2.79. The van der Waals surface area contributed by atoms with Crippen LogP contribution in [0.5, 0.6) is 5.75 Å². The van der Waals surface area contributed by atoms with Gasteiger partial charge >= 0.3 is 0 Å². The van der Waals surface area contributed by atoms with Crippen LogP contribution in [0.4, 0.5) is 0 Å². The second kappa shape index (κ2) is 4.90. The first kappa shape index (κ1) is 12.0. The van der Waals surface area contributed by atoms with Crippen molar-refractivity contribution in [1.82, 2.24) is 0 Å². The molecular formula is C15H21NO2. The van der Waals surface area contributed by atoms with Crippen molar-refractivity contribution in [3.05, 3.63) is 29.3 Å². The van der Waals surface area contributed by atoms with Gasteiger partial charge in [0.05, 0.1) is 12.7 Å². The lowest BCUT2D eigenvalue weighted by Gasteiger charge is -2.34. The third-order valence-electron chi connectivity index (χ3n) is 4.00. The molecule has 0 aromatic heterocycles. The molecule has 2 N–H and O–H groups in total. The fourth-order valence-electron chi connectivity index (χ4n) is 2.79. The van der Waals surface area contributed by atoms with Gasteiger partial charge in [-0.2, -0.15) is 0 Å². The van der Waals surface area contributed by atoms with E-state index in [-0.39, 0.29) is 6.10 Å². The highest BCUT2D eigenvalue weighted by atomic mass is 16.5. The Labute approximate surface area is 108 Å². The van der Waals surface area contributed by atoms with E-state index in [0.717, 1.165) is 31.6 Å². The molecule has 1 aromatic rings. The number of nitrogens with two attached hydrogens (primary N) is 1. The lowest BCUT2D eigenvalue weighted by molar-refractivity contribution is -0.0532. The first-order valence-electron chi connectivity index (χ1n) is 6.82. The lowest BCUT2D eigenvalue weighted by Crippen LogP contribution is -2.37. The zero-order valence-electron chi connectivity index (χ0n) is 10.9. The number of hydrogen-bond acceptors (Lipinski definition) is 3. The Hall–Kier alpha value is -1.06. The van der Waals surface area contributed by atoms with E-state index < -0.39 is 0 Å². The summed E-state index contributed by atoms with van der Waals surface area (Å²) in [5.41, 5.74) is 8.22. The molecule has 18 heavy (non-hydrogen) atoms. The maximum absolute atomic E-state index is 5.88. The summed E-state index contributed by atoms with van der Waals surface area (Å²) < 4.78 is 11.8. The standard InChI is InChI=1S/C15H21NO2/c1-10-2-3-15-12(4-10)7-14(18-15)9-17-13-5-11(6-13)8-16/h2-4,11,13-14H,5-9,16H2,1H3. The molecule has 1 aliphatic heterocycles. The first-order chi connectivity index (χ1) is 8.74. The number of aryl methyl sites for hydroxylation is 1. The minimum atomic E-state index is 0.193. The Balaban J connectivity index is 1.47. The van der Waals surface area contributed by atoms with Crippen molar-refractivity contribution < 1.29 is 9.47 Å². The Morgan fingerprint density at radius 1 is 1.39 bits per heavy atom. The van der Waals surface area contributed by atoms with Gasteiger partial charge in [0.15, 0.2) is 0 Å². The topological polar surface area (TPSA) is 44.5 Å². The van der Waals surface area contributed by atoms with Crippen molar-refractivity contribution in [3.8, 4) is 5.75 Å². The second-order valence-electron chi connectivity index (χ2n) is 5.58. The van der Waals surface area contributed by atoms with Gasteiger partial charge in [-0.1, -0.05) is 17.7 Å². The maximum Gasteiger partial charge on any atom is 0.126 e. The van der Waals surface area contributed by atoms with E-state index in [0.29, 0.717) is 18.6 Å². The van der Waals surface area contributed by atoms with E-state index in [1.807, 2.05) is 0 Å². The molecule has 1 heterocycles. The largest absolute Gasteiger partial charge is 0.487 e. The van der Waals surface area contributed by atoms with Crippen LogP contribution in [0.2, 0.25) is 0 Å². The van der Waals surface area contributed by atoms with Gasteiger partial charge in [-0.15, -0.1) is 0 Å². The minimum absolute atomic E-state index is 0.193. The van der Waals surface area contributed by atoms with Crippen molar-refractivity contribution >= 4 is 0 Å². The molecule has 0 saturated heterocycles. The lowest BCUT2D eigenvalue weighted by atomic mass is 9.82. The van der Waals surface area contributed by atoms with E-state index >= 15 is 0 Å². The molecular weight excluding hydrogens is 226 g/mol. The van der Waals surface area contributed by atoms with Crippen molar-refractivity contribution in [1.29, 1.82) is 0 Å². The number of ether oxygens (including phenoxy) is 2. The van der Waals surface area contributed by atoms with Crippen molar-refractivity contribution in [3.63, 3.8) is 0 Å². The van der Waals surface area contributed by atoms with Crippen LogP contribution in [0.1, 0.15) is 24.0 Å². The second-order valence-corrected chi connectivity index (χ2v) is 5.58. The summed E-state index contributed by atoms with van der Waals surface area (Å²) in [5, 5.41) is 0. The van der Waals surface area contributed by atoms with Gasteiger partial charge in [-0.05, 0) is 43.9 Å². The summed E-state index contributed by atoms with van der Waals surface area (Å²) in [5.74, 6) is 1.71. The Morgan fingerprint density at radius 3 is 3.00 bits per heavy atom. The average Bonchev–Trinajstić information content (AvgIpc) is 2.69. The third-order valence-corrected chi connectivity index (χ3v) is 4.00. The fraction of sp³-hybridized carbons (Fsp3) is 0.600. The summed E-state index contributed by atoms with van der Waals surface area (Å²) >= 11 is 0. The van der Waals surface area contributed by atoms with Gasteiger partial charge in [0.2, 0.25) is 0 Å². The molecule has 1 fully saturated rings. The quantitative estimate of drug-likeness (QED) is 0.885. The van der Waals surface area contributed by atoms with Crippen LogP contribution in [-0.4, -0.2) is 25.4 Å². The third kappa shape index (κ3) is 2.38. The normalized spacial score (nSPS) is 29.6. The minimum Gasteiger partial charge on any atom is -0.487 e. The smallest absolute Gasteiger partial charge is 0.126 e. The molecule has 1 unspecified atom stereocenters. The number of fused-ring (bicyclic) bond motifs is 1. The monoisotopic (exact) mass is 247 g/mol. The number of hydrogen-bond donors (Lipinski definition) is 1. The van der Waals surface area contributed by atoms with E-state index in [4.69, 9.17) is 15.2 Å². The van der Waals surface area contributed by atoms with Crippen LogP contribution in [-0.2, 0) is 11.2 Å². The van der Waals surface area contributed by atoms with Gasteiger partial charge in [0, 0.05) is 6.42 Å². The van der Waals surface area contributed by atoms with Crippen molar-refractivity contribution in [2.75, 3.05) is 13.2 Å². The molecule has 0 radical (unpaired) electrons. The van der Waals surface area contributed by atoms with Crippen molar-refractivity contribution in [2.24, 2.45) is 11.7 Å². The predicted octanol–water partition coefficient (Wildman–Crippen LogP) is 2.05. The van der Waals surface area contributed by atoms with Gasteiger partial charge in [0.25, 0.3) is 0 Å². The highest BCUT2D eigenvalue weighted by Gasteiger charge is 2.30. The number of rotatable bonds is 4. The Bertz CT molecular complexity index is 427. The van der Waals surface area contributed by atoms with Crippen LogP contribution in [0.25, 0.3) is 0 Å². The van der Waals surface area contributed by atoms with E-state index in [9.17, 15) is 0 Å². The van der Waals surface area contributed by atoms with Crippen LogP contribution in [0, 0.1) is 12.8 Å². The van der Waals surface area contributed by atoms with Crippen LogP contribution < -0.4 is 10.5 Å². The molecule has 98 valence electrons. The molecule has 1 atom stereocenters. The van der Waals surface area contributed by atoms with Gasteiger partial charge in [0.1, 0.15) is 11.9 Å². The SMILES string of the molecule is Cc1ccc2c(c1)CC(COC1CC(CN)C1)O2. The van der Waals surface area contributed by atoms with Gasteiger partial charge in [-0.3, -0.25) is 0 Å². The molecule has 1 saturated carbocycles. The number of benzene rings is 1. The molecule has 3 nitrogen and oxygen atoms in total. The van der Waals surface area contributed by atoms with Crippen LogP contribution >= 0.6 is 0 Å². The molecule has 3 heteroatoms. The zero-order chi connectivity index (χ0) is 12.5. The predicted molar refractivity (Wildman–Crippen MR) is 70.8 cm³/mol. The summed E-state index contributed by atoms with van der Waals surface area (Å²) in [4.78, 5) is 0. The molecule has 1 aromatic carbocycles. The molecule has 0 spiro atoms. The summed E-state index contributed by atoms with van der Waals surface area (Å²) in [7, 11) is 0. The molecule has 1 aliphatic carbocycles. The van der Waals surface area contributed by atoms with E-state index in [1.165, 1.54) is 11.1 Å². The molecule has 0 amide bonds. The summed E-state index contributed by atoms with van der Waals surface area (Å²) in [6, 6.07) is 6.38. The summed E-state index contributed by atoms with van der Waals surface area (Å²) in [6.45, 7) is 3.62. The highest BCUT2D eigenvalue weighted by molar-refractivity contribution is 5.40.